The van der Waals surface area contributed by atoms with E-state index in [2.05, 4.69) is 26.8 Å². The first-order valence-electron chi connectivity index (χ1n) is 8.43. The van der Waals surface area contributed by atoms with Crippen LogP contribution in [0.15, 0.2) is 54.7 Å². The van der Waals surface area contributed by atoms with Gasteiger partial charge in [0.25, 0.3) is 5.91 Å². The zero-order chi connectivity index (χ0) is 17.9. The van der Waals surface area contributed by atoms with Crippen molar-refractivity contribution in [3.63, 3.8) is 0 Å². The molecule has 0 radical (unpaired) electrons. The van der Waals surface area contributed by atoms with E-state index >= 15 is 0 Å². The molecule has 0 saturated carbocycles. The van der Waals surface area contributed by atoms with Crippen LogP contribution in [0, 0.1) is 0 Å². The van der Waals surface area contributed by atoms with Crippen LogP contribution in [0.25, 0.3) is 16.6 Å². The van der Waals surface area contributed by atoms with Crippen molar-refractivity contribution in [3.8, 4) is 0 Å². The van der Waals surface area contributed by atoms with Crippen molar-refractivity contribution in [2.45, 2.75) is 12.5 Å². The van der Waals surface area contributed by atoms with E-state index < -0.39 is 0 Å². The number of thioether (sulfide) groups is 1. The number of nitrogens with zero attached hydrogens (tertiary/aromatic N) is 3. The fraction of sp³-hybridized carbons (Fsp3) is 0.211. The van der Waals surface area contributed by atoms with Gasteiger partial charge in [0.15, 0.2) is 11.5 Å². The summed E-state index contributed by atoms with van der Waals surface area (Å²) in [7, 11) is 0. The summed E-state index contributed by atoms with van der Waals surface area (Å²) in [6.07, 6.45) is 4.76. The largest absolute Gasteiger partial charge is 0.351 e. The molecule has 0 aliphatic rings. The highest BCUT2D eigenvalue weighted by molar-refractivity contribution is 7.98. The molecule has 132 valence electrons. The molecule has 4 aromatic rings. The van der Waals surface area contributed by atoms with Crippen LogP contribution in [0.5, 0.6) is 0 Å². The first-order chi connectivity index (χ1) is 12.8. The van der Waals surface area contributed by atoms with Crippen molar-refractivity contribution in [1.82, 2.24) is 24.9 Å². The lowest BCUT2D eigenvalue weighted by Gasteiger charge is -2.16. The van der Waals surface area contributed by atoms with Gasteiger partial charge in [0.1, 0.15) is 5.69 Å². The summed E-state index contributed by atoms with van der Waals surface area (Å²) in [5.41, 5.74) is 2.27. The fourth-order valence-electron chi connectivity index (χ4n) is 3.03. The molecule has 1 aromatic carbocycles. The van der Waals surface area contributed by atoms with E-state index in [0.29, 0.717) is 5.69 Å². The lowest BCUT2D eigenvalue weighted by atomic mass is 10.2. The third kappa shape index (κ3) is 3.17. The third-order valence-corrected chi connectivity index (χ3v) is 4.99. The lowest BCUT2D eigenvalue weighted by molar-refractivity contribution is 0.0929. The highest BCUT2D eigenvalue weighted by atomic mass is 32.2. The average Bonchev–Trinajstić information content (AvgIpc) is 3.29. The number of pyridine rings is 1. The van der Waals surface area contributed by atoms with Gasteiger partial charge in [0.2, 0.25) is 0 Å². The molecule has 1 atom stereocenters. The van der Waals surface area contributed by atoms with Crippen LogP contribution in [-0.4, -0.2) is 37.5 Å². The van der Waals surface area contributed by atoms with Gasteiger partial charge in [-0.3, -0.25) is 9.20 Å². The van der Waals surface area contributed by atoms with Crippen molar-refractivity contribution >= 4 is 34.2 Å². The Labute approximate surface area is 155 Å². The van der Waals surface area contributed by atoms with Gasteiger partial charge in [0.05, 0.1) is 6.04 Å². The second-order valence-electron chi connectivity index (χ2n) is 6.06. The van der Waals surface area contributed by atoms with Gasteiger partial charge < -0.3 is 10.3 Å². The summed E-state index contributed by atoms with van der Waals surface area (Å²) in [6.45, 7) is 0. The molecule has 0 spiro atoms. The molecular weight excluding hydrogens is 346 g/mol. The Morgan fingerprint density at radius 3 is 2.92 bits per heavy atom. The van der Waals surface area contributed by atoms with Crippen LogP contribution in [0.2, 0.25) is 0 Å². The van der Waals surface area contributed by atoms with Crippen molar-refractivity contribution in [2.24, 2.45) is 0 Å². The van der Waals surface area contributed by atoms with Crippen molar-refractivity contribution in [3.05, 3.63) is 66.2 Å². The minimum absolute atomic E-state index is 0.139. The van der Waals surface area contributed by atoms with Gasteiger partial charge >= 0.3 is 0 Å². The van der Waals surface area contributed by atoms with Gasteiger partial charge in [0, 0.05) is 17.1 Å². The van der Waals surface area contributed by atoms with Crippen LogP contribution in [-0.2, 0) is 0 Å². The van der Waals surface area contributed by atoms with E-state index in [1.807, 2.05) is 59.1 Å². The first kappa shape index (κ1) is 16.7. The molecule has 0 fully saturated rings. The highest BCUT2D eigenvalue weighted by Crippen LogP contribution is 2.20. The molecule has 2 N–H and O–H groups in total. The molecular formula is C19H19N5OS. The van der Waals surface area contributed by atoms with E-state index in [1.54, 1.807) is 11.8 Å². The van der Waals surface area contributed by atoms with E-state index in [9.17, 15) is 4.79 Å². The number of aromatic amines is 1. The Balaban J connectivity index is 1.63. The Morgan fingerprint density at radius 1 is 1.23 bits per heavy atom. The zero-order valence-corrected chi connectivity index (χ0v) is 15.2. The van der Waals surface area contributed by atoms with Crippen LogP contribution < -0.4 is 5.32 Å². The number of fused-ring (bicyclic) bond motifs is 2. The predicted octanol–water partition coefficient (Wildman–Crippen LogP) is 3.43. The molecule has 0 bridgehead atoms. The summed E-state index contributed by atoms with van der Waals surface area (Å²) >= 11 is 1.74. The Hall–Kier alpha value is -2.80. The Kier molecular flexibility index (Phi) is 4.62. The number of H-pyrrole nitrogens is 1. The topological polar surface area (TPSA) is 75.1 Å². The maximum absolute atomic E-state index is 12.8. The van der Waals surface area contributed by atoms with E-state index in [1.165, 1.54) is 0 Å². The normalized spacial score (nSPS) is 12.5. The number of carbonyl (C=O) groups excluding carboxylic acids is 1. The van der Waals surface area contributed by atoms with Crippen LogP contribution in [0.3, 0.4) is 0 Å². The van der Waals surface area contributed by atoms with Gasteiger partial charge in [-0.1, -0.05) is 24.3 Å². The first-order valence-corrected chi connectivity index (χ1v) is 9.83. The number of hydrogen-bond acceptors (Lipinski definition) is 4. The van der Waals surface area contributed by atoms with Crippen LogP contribution in [0.1, 0.15) is 28.8 Å². The summed E-state index contributed by atoms with van der Waals surface area (Å²) in [5, 5.41) is 12.7. The minimum Gasteiger partial charge on any atom is -0.351 e. The number of hydrogen-bond donors (Lipinski definition) is 2. The van der Waals surface area contributed by atoms with Crippen molar-refractivity contribution < 1.29 is 4.79 Å². The second kappa shape index (κ2) is 7.21. The quantitative estimate of drug-likeness (QED) is 0.549. The standard InChI is InChI=1S/C19H19N5OS/c1-26-11-9-15(18-23-22-17-8-4-5-10-24(17)18)21-19(25)16-12-13-6-2-3-7-14(13)20-16/h2-8,10,12,15,20H,9,11H2,1H3,(H,21,25)/t15-/m1/s1. The Bertz CT molecular complexity index is 1020. The molecule has 3 aromatic heterocycles. The number of carbonyl (C=O) groups is 1. The third-order valence-electron chi connectivity index (χ3n) is 4.34. The molecule has 6 nitrogen and oxygen atoms in total. The van der Waals surface area contributed by atoms with Crippen LogP contribution in [0.4, 0.5) is 0 Å². The highest BCUT2D eigenvalue weighted by Gasteiger charge is 2.21. The predicted molar refractivity (Wildman–Crippen MR) is 104 cm³/mol. The number of para-hydroxylation sites is 1. The molecule has 0 aliphatic carbocycles. The fourth-order valence-corrected chi connectivity index (χ4v) is 3.50. The van der Waals surface area contributed by atoms with E-state index in [0.717, 1.165) is 34.5 Å². The minimum atomic E-state index is -0.209. The SMILES string of the molecule is CSCC[C@@H](NC(=O)c1cc2ccccc2[nH]1)c1nnc2ccccn12. The lowest BCUT2D eigenvalue weighted by Crippen LogP contribution is -2.30. The molecule has 0 aliphatic heterocycles. The Morgan fingerprint density at radius 2 is 2.08 bits per heavy atom. The van der Waals surface area contributed by atoms with Gasteiger partial charge in [-0.05, 0) is 42.7 Å². The number of rotatable bonds is 6. The molecule has 4 rings (SSSR count). The monoisotopic (exact) mass is 365 g/mol. The maximum atomic E-state index is 12.8. The molecule has 7 heteroatoms. The number of aromatic nitrogens is 4. The van der Waals surface area contributed by atoms with E-state index in [4.69, 9.17) is 0 Å². The van der Waals surface area contributed by atoms with Crippen molar-refractivity contribution in [1.29, 1.82) is 0 Å². The summed E-state index contributed by atoms with van der Waals surface area (Å²) in [6, 6.07) is 15.3. The molecule has 26 heavy (non-hydrogen) atoms. The number of nitrogens with one attached hydrogen (secondary N) is 2. The average molecular weight is 365 g/mol. The smallest absolute Gasteiger partial charge is 0.268 e. The zero-order valence-electron chi connectivity index (χ0n) is 14.3. The van der Waals surface area contributed by atoms with Gasteiger partial charge in [-0.15, -0.1) is 10.2 Å². The molecule has 3 heterocycles. The molecule has 1 amide bonds. The number of amides is 1. The number of benzene rings is 1. The molecule has 0 unspecified atom stereocenters. The summed E-state index contributed by atoms with van der Waals surface area (Å²) in [4.78, 5) is 16.0. The summed E-state index contributed by atoms with van der Waals surface area (Å²) in [5.74, 6) is 1.53. The van der Waals surface area contributed by atoms with E-state index in [-0.39, 0.29) is 11.9 Å². The second-order valence-corrected chi connectivity index (χ2v) is 7.05. The van der Waals surface area contributed by atoms with Gasteiger partial charge in [-0.25, -0.2) is 0 Å². The summed E-state index contributed by atoms with van der Waals surface area (Å²) < 4.78 is 1.93. The molecule has 0 saturated heterocycles. The van der Waals surface area contributed by atoms with Crippen molar-refractivity contribution in [2.75, 3.05) is 12.0 Å². The van der Waals surface area contributed by atoms with Gasteiger partial charge in [-0.2, -0.15) is 11.8 Å². The maximum Gasteiger partial charge on any atom is 0.268 e. The van der Waals surface area contributed by atoms with Crippen LogP contribution >= 0.6 is 11.8 Å².